The van der Waals surface area contributed by atoms with Gasteiger partial charge in [-0.1, -0.05) is 6.42 Å². The number of carbonyl (C=O) groups is 1. The third-order valence-electron chi connectivity index (χ3n) is 3.55. The van der Waals surface area contributed by atoms with Crippen LogP contribution in [-0.4, -0.2) is 80.5 Å². The van der Waals surface area contributed by atoms with Gasteiger partial charge in [-0.15, -0.1) is 0 Å². The first-order valence-corrected chi connectivity index (χ1v) is 6.58. The maximum Gasteiger partial charge on any atom is 0.303 e. The number of carboxylic acid groups (broad SMARTS) is 1. The number of aliphatic hydroxyl groups is 4. The Hall–Kier alpha value is -0.730. The number of hydrogen-bond acceptors (Lipinski definition) is 6. The second-order valence-corrected chi connectivity index (χ2v) is 5.00. The van der Waals surface area contributed by atoms with Gasteiger partial charge in [0.2, 0.25) is 0 Å². The van der Waals surface area contributed by atoms with Crippen molar-refractivity contribution in [1.82, 2.24) is 4.90 Å². The van der Waals surface area contributed by atoms with Crippen LogP contribution in [0.2, 0.25) is 0 Å². The van der Waals surface area contributed by atoms with E-state index in [0.717, 1.165) is 12.8 Å². The average Bonchev–Trinajstić information content (AvgIpc) is 2.35. The number of hydrogen-bond donors (Lipinski definition) is 5. The largest absolute Gasteiger partial charge is 0.481 e. The van der Waals surface area contributed by atoms with Gasteiger partial charge < -0.3 is 25.5 Å². The van der Waals surface area contributed by atoms with Crippen LogP contribution in [0, 0.1) is 0 Å². The van der Waals surface area contributed by atoms with E-state index in [1.165, 1.54) is 0 Å². The SMILES string of the molecule is O=C(O)CCCCCN1C[C@@H](O)[C@@H](O)[C@@H](O)[C@@H]1CO. The van der Waals surface area contributed by atoms with E-state index in [2.05, 4.69) is 0 Å². The van der Waals surface area contributed by atoms with Crippen molar-refractivity contribution in [2.75, 3.05) is 19.7 Å². The molecule has 0 aromatic rings. The van der Waals surface area contributed by atoms with Crippen LogP contribution < -0.4 is 0 Å². The number of rotatable bonds is 7. The summed E-state index contributed by atoms with van der Waals surface area (Å²) in [6.45, 7) is 0.453. The standard InChI is InChI=1S/C12H23NO6/c14-7-8-11(18)12(19)9(15)6-13(8)5-3-1-2-4-10(16)17/h8-9,11-12,14-15,18-19H,1-7H2,(H,16,17)/t8-,9+,11-,12+/m0/s1. The van der Waals surface area contributed by atoms with Crippen LogP contribution in [0.5, 0.6) is 0 Å². The first-order valence-electron chi connectivity index (χ1n) is 6.58. The van der Waals surface area contributed by atoms with E-state index in [1.54, 1.807) is 4.90 Å². The molecule has 0 unspecified atom stereocenters. The Labute approximate surface area is 112 Å². The van der Waals surface area contributed by atoms with Crippen molar-refractivity contribution < 1.29 is 30.3 Å². The molecule has 1 rings (SSSR count). The highest BCUT2D eigenvalue weighted by Crippen LogP contribution is 2.19. The predicted octanol–water partition coefficient (Wildman–Crippen LogP) is -1.61. The van der Waals surface area contributed by atoms with E-state index in [9.17, 15) is 25.2 Å². The number of aliphatic hydroxyl groups excluding tert-OH is 4. The summed E-state index contributed by atoms with van der Waals surface area (Å²) in [5.74, 6) is -0.819. The highest BCUT2D eigenvalue weighted by atomic mass is 16.4. The summed E-state index contributed by atoms with van der Waals surface area (Å²) in [7, 11) is 0. The topological polar surface area (TPSA) is 121 Å². The van der Waals surface area contributed by atoms with Crippen molar-refractivity contribution in [3.8, 4) is 0 Å². The molecular weight excluding hydrogens is 254 g/mol. The molecule has 5 N–H and O–H groups in total. The molecule has 7 nitrogen and oxygen atoms in total. The van der Waals surface area contributed by atoms with E-state index >= 15 is 0 Å². The normalized spacial score (nSPS) is 32.4. The molecule has 4 atom stereocenters. The zero-order valence-electron chi connectivity index (χ0n) is 10.9. The van der Waals surface area contributed by atoms with Crippen molar-refractivity contribution in [2.24, 2.45) is 0 Å². The molecule has 0 spiro atoms. The zero-order chi connectivity index (χ0) is 14.4. The minimum absolute atomic E-state index is 0.132. The number of aliphatic carboxylic acids is 1. The van der Waals surface area contributed by atoms with E-state index in [4.69, 9.17) is 5.11 Å². The predicted molar refractivity (Wildman–Crippen MR) is 66.6 cm³/mol. The van der Waals surface area contributed by atoms with Gasteiger partial charge in [-0.05, 0) is 19.4 Å². The quantitative estimate of drug-likeness (QED) is 0.355. The molecule has 1 saturated heterocycles. The van der Waals surface area contributed by atoms with Crippen molar-refractivity contribution in [3.05, 3.63) is 0 Å². The first kappa shape index (κ1) is 16.3. The lowest BCUT2D eigenvalue weighted by atomic mass is 9.94. The number of β-amino-alcohol motifs (C(OH)–C–C–N with tert-alkyl or cyclic N) is 1. The lowest BCUT2D eigenvalue weighted by Crippen LogP contribution is -2.62. The number of carboxylic acids is 1. The molecular formula is C12H23NO6. The molecule has 112 valence electrons. The third kappa shape index (κ3) is 4.70. The number of piperidine rings is 1. The van der Waals surface area contributed by atoms with Crippen molar-refractivity contribution in [1.29, 1.82) is 0 Å². The van der Waals surface area contributed by atoms with Gasteiger partial charge in [0.25, 0.3) is 0 Å². The van der Waals surface area contributed by atoms with Crippen LogP contribution in [0.3, 0.4) is 0 Å². The van der Waals surface area contributed by atoms with Gasteiger partial charge in [-0.25, -0.2) is 0 Å². The molecule has 7 heteroatoms. The van der Waals surface area contributed by atoms with Gasteiger partial charge in [-0.2, -0.15) is 0 Å². The summed E-state index contributed by atoms with van der Waals surface area (Å²) in [5, 5.41) is 46.6. The van der Waals surface area contributed by atoms with Crippen LogP contribution in [0.4, 0.5) is 0 Å². The summed E-state index contributed by atoms with van der Waals surface area (Å²) in [4.78, 5) is 12.1. The zero-order valence-corrected chi connectivity index (χ0v) is 10.9. The van der Waals surface area contributed by atoms with E-state index in [-0.39, 0.29) is 19.6 Å². The Morgan fingerprint density at radius 3 is 2.37 bits per heavy atom. The molecule has 0 aromatic carbocycles. The molecule has 0 aliphatic carbocycles. The minimum Gasteiger partial charge on any atom is -0.481 e. The Balaban J connectivity index is 2.36. The molecule has 0 amide bonds. The Kier molecular flexibility index (Phi) is 6.67. The maximum absolute atomic E-state index is 10.3. The van der Waals surface area contributed by atoms with Gasteiger partial charge in [0.05, 0.1) is 18.8 Å². The molecule has 0 aromatic heterocycles. The lowest BCUT2D eigenvalue weighted by molar-refractivity contribution is -0.145. The van der Waals surface area contributed by atoms with Crippen molar-refractivity contribution in [3.63, 3.8) is 0 Å². The van der Waals surface area contributed by atoms with Crippen LogP contribution >= 0.6 is 0 Å². The van der Waals surface area contributed by atoms with Crippen LogP contribution in [0.25, 0.3) is 0 Å². The van der Waals surface area contributed by atoms with Crippen LogP contribution in [0.1, 0.15) is 25.7 Å². The average molecular weight is 277 g/mol. The van der Waals surface area contributed by atoms with E-state index < -0.39 is 30.3 Å². The van der Waals surface area contributed by atoms with Crippen LogP contribution in [-0.2, 0) is 4.79 Å². The Bertz CT molecular complexity index is 287. The maximum atomic E-state index is 10.3. The number of unbranched alkanes of at least 4 members (excludes halogenated alkanes) is 2. The molecule has 1 aliphatic heterocycles. The highest BCUT2D eigenvalue weighted by molar-refractivity contribution is 5.66. The summed E-state index contributed by atoms with van der Waals surface area (Å²) in [5.41, 5.74) is 0. The molecule has 19 heavy (non-hydrogen) atoms. The van der Waals surface area contributed by atoms with Gasteiger partial charge in [0.15, 0.2) is 0 Å². The van der Waals surface area contributed by atoms with Crippen molar-refractivity contribution in [2.45, 2.75) is 50.0 Å². The lowest BCUT2D eigenvalue weighted by Gasteiger charge is -2.43. The highest BCUT2D eigenvalue weighted by Gasteiger charge is 2.40. The molecule has 1 aliphatic rings. The van der Waals surface area contributed by atoms with Gasteiger partial charge in [0.1, 0.15) is 12.2 Å². The third-order valence-corrected chi connectivity index (χ3v) is 3.55. The molecule has 0 radical (unpaired) electrons. The summed E-state index contributed by atoms with van der Waals surface area (Å²) in [6.07, 6.45) is -1.27. The number of likely N-dealkylation sites (tertiary alicyclic amines) is 1. The Morgan fingerprint density at radius 2 is 1.79 bits per heavy atom. The summed E-state index contributed by atoms with van der Waals surface area (Å²) < 4.78 is 0. The van der Waals surface area contributed by atoms with E-state index in [1.807, 2.05) is 0 Å². The fraction of sp³-hybridized carbons (Fsp3) is 0.917. The first-order chi connectivity index (χ1) is 8.97. The van der Waals surface area contributed by atoms with E-state index in [0.29, 0.717) is 13.0 Å². The second kappa shape index (κ2) is 7.76. The second-order valence-electron chi connectivity index (χ2n) is 5.00. The fourth-order valence-corrected chi connectivity index (χ4v) is 2.40. The molecule has 1 fully saturated rings. The Morgan fingerprint density at radius 1 is 1.11 bits per heavy atom. The van der Waals surface area contributed by atoms with Gasteiger partial charge in [-0.3, -0.25) is 9.69 Å². The molecule has 0 bridgehead atoms. The van der Waals surface area contributed by atoms with Crippen LogP contribution in [0.15, 0.2) is 0 Å². The monoisotopic (exact) mass is 277 g/mol. The fourth-order valence-electron chi connectivity index (χ4n) is 2.40. The van der Waals surface area contributed by atoms with Crippen molar-refractivity contribution >= 4 is 5.97 Å². The van der Waals surface area contributed by atoms with Gasteiger partial charge >= 0.3 is 5.97 Å². The van der Waals surface area contributed by atoms with Gasteiger partial charge in [0, 0.05) is 13.0 Å². The number of nitrogens with zero attached hydrogens (tertiary/aromatic N) is 1. The smallest absolute Gasteiger partial charge is 0.303 e. The summed E-state index contributed by atoms with van der Waals surface area (Å²) >= 11 is 0. The summed E-state index contributed by atoms with van der Waals surface area (Å²) in [6, 6.07) is -0.585. The molecule has 0 saturated carbocycles. The molecule has 1 heterocycles. The minimum atomic E-state index is -1.24.